The Morgan fingerprint density at radius 3 is 1.84 bits per heavy atom. The molecule has 0 radical (unpaired) electrons. The molecule has 0 aliphatic heterocycles. The smallest absolute Gasteiger partial charge is 0.163 e. The Kier molecular flexibility index (Phi) is 4.86. The minimum absolute atomic E-state index is 0.723. The van der Waals surface area contributed by atoms with Crippen LogP contribution >= 0.6 is 11.6 Å². The second-order valence-electron chi connectivity index (χ2n) is 4.50. The van der Waals surface area contributed by atoms with Crippen molar-refractivity contribution in [1.82, 2.24) is 15.0 Å². The maximum Gasteiger partial charge on any atom is 0.163 e. The van der Waals surface area contributed by atoms with Crippen LogP contribution in [0.4, 0.5) is 0 Å². The van der Waals surface area contributed by atoms with Crippen LogP contribution in [0.5, 0.6) is 0 Å². The van der Waals surface area contributed by atoms with Crippen molar-refractivity contribution in [2.45, 2.75) is 39.5 Å². The highest BCUT2D eigenvalue weighted by Crippen LogP contribution is 2.18. The molecule has 1 aromatic carbocycles. The highest BCUT2D eigenvalue weighted by Gasteiger charge is 2.07. The van der Waals surface area contributed by atoms with Crippen LogP contribution in [0.15, 0.2) is 24.3 Å². The Morgan fingerprint density at radius 2 is 1.37 bits per heavy atom. The summed E-state index contributed by atoms with van der Waals surface area (Å²) >= 11 is 5.91. The maximum absolute atomic E-state index is 5.91. The van der Waals surface area contributed by atoms with Crippen molar-refractivity contribution in [3.05, 3.63) is 40.9 Å². The third-order valence-electron chi connectivity index (χ3n) is 2.78. The Bertz CT molecular complexity index is 513. The molecule has 1 heterocycles. The number of rotatable bonds is 5. The SMILES string of the molecule is CCCc1nc(CCC)nc(-c2ccc(Cl)cc2)n1. The summed E-state index contributed by atoms with van der Waals surface area (Å²) in [5.41, 5.74) is 0.988. The summed E-state index contributed by atoms with van der Waals surface area (Å²) in [5, 5.41) is 0.723. The van der Waals surface area contributed by atoms with Gasteiger partial charge in [-0.2, -0.15) is 0 Å². The summed E-state index contributed by atoms with van der Waals surface area (Å²) in [4.78, 5) is 13.6. The summed E-state index contributed by atoms with van der Waals surface area (Å²) in [5.74, 6) is 2.51. The molecule has 2 aromatic rings. The van der Waals surface area contributed by atoms with Crippen LogP contribution in [-0.4, -0.2) is 15.0 Å². The number of nitrogens with zero attached hydrogens (tertiary/aromatic N) is 3. The zero-order valence-corrected chi connectivity index (χ0v) is 12.1. The largest absolute Gasteiger partial charge is 0.218 e. The molecule has 100 valence electrons. The van der Waals surface area contributed by atoms with Gasteiger partial charge in [0.15, 0.2) is 5.82 Å². The fraction of sp³-hybridized carbons (Fsp3) is 0.400. The molecule has 0 atom stereocenters. The van der Waals surface area contributed by atoms with Gasteiger partial charge in [-0.1, -0.05) is 25.4 Å². The lowest BCUT2D eigenvalue weighted by molar-refractivity contribution is 0.758. The first-order valence-corrected chi connectivity index (χ1v) is 7.10. The van der Waals surface area contributed by atoms with Gasteiger partial charge in [-0.05, 0) is 37.1 Å². The van der Waals surface area contributed by atoms with Crippen molar-refractivity contribution >= 4 is 11.6 Å². The Labute approximate surface area is 119 Å². The number of aryl methyl sites for hydroxylation is 2. The van der Waals surface area contributed by atoms with Gasteiger partial charge in [-0.15, -0.1) is 0 Å². The highest BCUT2D eigenvalue weighted by atomic mass is 35.5. The van der Waals surface area contributed by atoms with Crippen molar-refractivity contribution in [2.75, 3.05) is 0 Å². The Hall–Kier alpha value is -1.48. The van der Waals surface area contributed by atoms with E-state index in [1.54, 1.807) is 0 Å². The summed E-state index contributed by atoms with van der Waals surface area (Å²) in [6.07, 6.45) is 3.85. The van der Waals surface area contributed by atoms with E-state index in [1.807, 2.05) is 24.3 Å². The average Bonchev–Trinajstić information content (AvgIpc) is 2.40. The lowest BCUT2D eigenvalue weighted by atomic mass is 10.2. The van der Waals surface area contributed by atoms with Crippen LogP contribution in [0.25, 0.3) is 11.4 Å². The molecule has 0 amide bonds. The fourth-order valence-electron chi connectivity index (χ4n) is 1.87. The minimum Gasteiger partial charge on any atom is -0.218 e. The number of halogens is 1. The van der Waals surface area contributed by atoms with Crippen molar-refractivity contribution in [3.63, 3.8) is 0 Å². The Morgan fingerprint density at radius 1 is 0.842 bits per heavy atom. The molecular weight excluding hydrogens is 258 g/mol. The molecule has 3 nitrogen and oxygen atoms in total. The van der Waals surface area contributed by atoms with Gasteiger partial charge in [0.2, 0.25) is 0 Å². The van der Waals surface area contributed by atoms with E-state index in [0.717, 1.165) is 53.7 Å². The lowest BCUT2D eigenvalue weighted by Gasteiger charge is -2.06. The van der Waals surface area contributed by atoms with Gasteiger partial charge in [0, 0.05) is 23.4 Å². The van der Waals surface area contributed by atoms with Crippen molar-refractivity contribution < 1.29 is 0 Å². The number of hydrogen-bond donors (Lipinski definition) is 0. The van der Waals surface area contributed by atoms with Crippen molar-refractivity contribution in [2.24, 2.45) is 0 Å². The standard InChI is InChI=1S/C15H18ClN3/c1-3-5-13-17-14(6-4-2)19-15(18-13)11-7-9-12(16)10-8-11/h7-10H,3-6H2,1-2H3. The molecule has 0 aliphatic carbocycles. The van der Waals surface area contributed by atoms with Crippen LogP contribution < -0.4 is 0 Å². The van der Waals surface area contributed by atoms with Crippen LogP contribution in [0.3, 0.4) is 0 Å². The molecular formula is C15H18ClN3. The normalized spacial score (nSPS) is 10.7. The molecule has 4 heteroatoms. The van der Waals surface area contributed by atoms with Crippen LogP contribution in [-0.2, 0) is 12.8 Å². The molecule has 1 aromatic heterocycles. The summed E-state index contributed by atoms with van der Waals surface area (Å²) in [6, 6.07) is 7.62. The zero-order valence-electron chi connectivity index (χ0n) is 11.4. The van der Waals surface area contributed by atoms with E-state index < -0.39 is 0 Å². The monoisotopic (exact) mass is 275 g/mol. The van der Waals surface area contributed by atoms with Gasteiger partial charge in [-0.3, -0.25) is 0 Å². The minimum atomic E-state index is 0.723. The van der Waals surface area contributed by atoms with Crippen molar-refractivity contribution in [1.29, 1.82) is 0 Å². The fourth-order valence-corrected chi connectivity index (χ4v) is 1.99. The molecule has 0 aliphatic rings. The lowest BCUT2D eigenvalue weighted by Crippen LogP contribution is -2.05. The van der Waals surface area contributed by atoms with Gasteiger partial charge >= 0.3 is 0 Å². The summed E-state index contributed by atoms with van der Waals surface area (Å²) in [6.45, 7) is 4.26. The predicted octanol–water partition coefficient (Wildman–Crippen LogP) is 4.10. The quantitative estimate of drug-likeness (QED) is 0.825. The van der Waals surface area contributed by atoms with E-state index in [2.05, 4.69) is 28.8 Å². The predicted molar refractivity (Wildman–Crippen MR) is 78.3 cm³/mol. The van der Waals surface area contributed by atoms with Gasteiger partial charge in [-0.25, -0.2) is 15.0 Å². The third-order valence-corrected chi connectivity index (χ3v) is 3.03. The molecule has 0 saturated carbocycles. The first-order valence-electron chi connectivity index (χ1n) is 6.72. The first-order chi connectivity index (χ1) is 9.22. The van der Waals surface area contributed by atoms with E-state index in [0.29, 0.717) is 0 Å². The molecule has 0 saturated heterocycles. The van der Waals surface area contributed by atoms with E-state index in [9.17, 15) is 0 Å². The second kappa shape index (κ2) is 6.62. The van der Waals surface area contributed by atoms with Crippen LogP contribution in [0, 0.1) is 0 Å². The van der Waals surface area contributed by atoms with E-state index in [4.69, 9.17) is 11.6 Å². The maximum atomic E-state index is 5.91. The molecule has 19 heavy (non-hydrogen) atoms. The third kappa shape index (κ3) is 3.74. The molecule has 0 unspecified atom stereocenters. The molecule has 0 bridgehead atoms. The highest BCUT2D eigenvalue weighted by molar-refractivity contribution is 6.30. The van der Waals surface area contributed by atoms with E-state index in [-0.39, 0.29) is 0 Å². The topological polar surface area (TPSA) is 38.7 Å². The van der Waals surface area contributed by atoms with Gasteiger partial charge in [0.25, 0.3) is 0 Å². The van der Waals surface area contributed by atoms with Crippen LogP contribution in [0.2, 0.25) is 5.02 Å². The Balaban J connectivity index is 2.40. The number of benzene rings is 1. The van der Waals surface area contributed by atoms with E-state index in [1.165, 1.54) is 0 Å². The van der Waals surface area contributed by atoms with Gasteiger partial charge in [0.05, 0.1) is 0 Å². The summed E-state index contributed by atoms with van der Waals surface area (Å²) in [7, 11) is 0. The first kappa shape index (κ1) is 13.9. The van der Waals surface area contributed by atoms with E-state index >= 15 is 0 Å². The second-order valence-corrected chi connectivity index (χ2v) is 4.93. The molecule has 2 rings (SSSR count). The molecule has 0 spiro atoms. The van der Waals surface area contributed by atoms with Crippen LogP contribution in [0.1, 0.15) is 38.3 Å². The molecule has 0 fully saturated rings. The van der Waals surface area contributed by atoms with Gasteiger partial charge < -0.3 is 0 Å². The average molecular weight is 276 g/mol. The zero-order chi connectivity index (χ0) is 13.7. The van der Waals surface area contributed by atoms with Crippen molar-refractivity contribution in [3.8, 4) is 11.4 Å². The number of hydrogen-bond acceptors (Lipinski definition) is 3. The van der Waals surface area contributed by atoms with Gasteiger partial charge in [0.1, 0.15) is 11.6 Å². The summed E-state index contributed by atoms with van der Waals surface area (Å²) < 4.78 is 0. The number of aromatic nitrogens is 3. The molecule has 0 N–H and O–H groups in total.